The van der Waals surface area contributed by atoms with Crippen molar-refractivity contribution < 1.29 is 4.39 Å². The average molecular weight is 285 g/mol. The van der Waals surface area contributed by atoms with Gasteiger partial charge in [-0.25, -0.2) is 9.37 Å². The molecule has 1 aromatic heterocycles. The normalized spacial score (nSPS) is 12.7. The van der Waals surface area contributed by atoms with Gasteiger partial charge in [0.2, 0.25) is 0 Å². The molecule has 0 aliphatic heterocycles. The van der Waals surface area contributed by atoms with Gasteiger partial charge in [-0.15, -0.1) is 11.3 Å². The Kier molecular flexibility index (Phi) is 4.32. The highest BCUT2D eigenvalue weighted by molar-refractivity contribution is 7.11. The van der Waals surface area contributed by atoms with Crippen LogP contribution in [0, 0.1) is 12.7 Å². The number of nitrogens with one attached hydrogen (secondary N) is 1. The molecule has 1 heterocycles. The van der Waals surface area contributed by atoms with Crippen molar-refractivity contribution in [3.63, 3.8) is 0 Å². The largest absolute Gasteiger partial charge is 0.305 e. The van der Waals surface area contributed by atoms with E-state index in [2.05, 4.69) is 10.3 Å². The molecule has 2 aromatic rings. The van der Waals surface area contributed by atoms with Gasteiger partial charge in [-0.1, -0.05) is 17.7 Å². The van der Waals surface area contributed by atoms with Crippen LogP contribution < -0.4 is 5.32 Å². The molecule has 18 heavy (non-hydrogen) atoms. The Bertz CT molecular complexity index is 542. The van der Waals surface area contributed by atoms with Gasteiger partial charge in [0.1, 0.15) is 5.82 Å². The van der Waals surface area contributed by atoms with Crippen molar-refractivity contribution in [2.45, 2.75) is 26.4 Å². The molecular formula is C13H14ClFN2S. The molecule has 0 spiro atoms. The summed E-state index contributed by atoms with van der Waals surface area (Å²) in [6.45, 7) is 4.72. The lowest BCUT2D eigenvalue weighted by Gasteiger charge is -2.15. The van der Waals surface area contributed by atoms with E-state index in [-0.39, 0.29) is 11.9 Å². The van der Waals surface area contributed by atoms with Crippen LogP contribution in [-0.2, 0) is 6.54 Å². The molecular weight excluding hydrogens is 271 g/mol. The molecule has 1 unspecified atom stereocenters. The maximum absolute atomic E-state index is 13.0. The lowest BCUT2D eigenvalue weighted by Crippen LogP contribution is -2.17. The van der Waals surface area contributed by atoms with E-state index in [4.69, 9.17) is 11.6 Å². The quantitative estimate of drug-likeness (QED) is 0.914. The molecule has 0 saturated heterocycles. The van der Waals surface area contributed by atoms with Crippen molar-refractivity contribution in [1.82, 2.24) is 10.3 Å². The van der Waals surface area contributed by atoms with Crippen LogP contribution in [-0.4, -0.2) is 4.98 Å². The number of hydrogen-bond acceptors (Lipinski definition) is 3. The summed E-state index contributed by atoms with van der Waals surface area (Å²) in [4.78, 5) is 5.38. The zero-order valence-electron chi connectivity index (χ0n) is 10.2. The Labute approximate surface area is 115 Å². The number of hydrogen-bond donors (Lipinski definition) is 1. The number of aryl methyl sites for hydroxylation is 1. The van der Waals surface area contributed by atoms with E-state index in [0.717, 1.165) is 17.1 Å². The topological polar surface area (TPSA) is 24.9 Å². The first-order chi connectivity index (χ1) is 8.56. The van der Waals surface area contributed by atoms with E-state index in [1.807, 2.05) is 20.0 Å². The van der Waals surface area contributed by atoms with Crippen molar-refractivity contribution in [2.75, 3.05) is 0 Å². The van der Waals surface area contributed by atoms with Crippen LogP contribution >= 0.6 is 22.9 Å². The first-order valence-corrected chi connectivity index (χ1v) is 6.85. The van der Waals surface area contributed by atoms with Gasteiger partial charge in [0.15, 0.2) is 0 Å². The smallest absolute Gasteiger partial charge is 0.124 e. The van der Waals surface area contributed by atoms with Crippen molar-refractivity contribution in [2.24, 2.45) is 0 Å². The molecule has 0 radical (unpaired) electrons. The van der Waals surface area contributed by atoms with Crippen LogP contribution in [0.4, 0.5) is 4.39 Å². The molecule has 96 valence electrons. The fraction of sp³-hybridized carbons (Fsp3) is 0.308. The summed E-state index contributed by atoms with van der Waals surface area (Å²) < 4.78 is 13.0. The predicted octanol–water partition coefficient (Wildman–Crippen LogP) is 4.09. The monoisotopic (exact) mass is 284 g/mol. The molecule has 5 heteroatoms. The second kappa shape index (κ2) is 5.78. The van der Waals surface area contributed by atoms with Crippen molar-refractivity contribution >= 4 is 22.9 Å². The molecule has 0 amide bonds. The number of thiazole rings is 1. The standard InChI is InChI=1S/C13H14ClFN2S/c1-8(12-4-3-10(15)5-13(12)14)16-6-11-7-17-9(2)18-11/h3-5,7-8,16H,6H2,1-2H3. The summed E-state index contributed by atoms with van der Waals surface area (Å²) in [6, 6.07) is 4.55. The zero-order chi connectivity index (χ0) is 13.1. The minimum Gasteiger partial charge on any atom is -0.305 e. The minimum absolute atomic E-state index is 0.0699. The van der Waals surface area contributed by atoms with Gasteiger partial charge in [-0.2, -0.15) is 0 Å². The fourth-order valence-electron chi connectivity index (χ4n) is 1.70. The first kappa shape index (κ1) is 13.5. The number of halogens is 2. The third-order valence-electron chi connectivity index (χ3n) is 2.68. The number of aromatic nitrogens is 1. The van der Waals surface area contributed by atoms with Crippen molar-refractivity contribution in [3.8, 4) is 0 Å². The summed E-state index contributed by atoms with van der Waals surface area (Å²) in [5.41, 5.74) is 0.902. The Morgan fingerprint density at radius 2 is 2.28 bits per heavy atom. The molecule has 1 aromatic carbocycles. The van der Waals surface area contributed by atoms with Gasteiger partial charge in [0, 0.05) is 28.7 Å². The second-order valence-corrected chi connectivity index (χ2v) is 5.84. The number of nitrogens with zero attached hydrogens (tertiary/aromatic N) is 1. The molecule has 2 rings (SSSR count). The summed E-state index contributed by atoms with van der Waals surface area (Å²) in [5, 5.41) is 4.86. The summed E-state index contributed by atoms with van der Waals surface area (Å²) in [5.74, 6) is -0.311. The van der Waals surface area contributed by atoms with Gasteiger partial charge < -0.3 is 5.32 Å². The highest BCUT2D eigenvalue weighted by Crippen LogP contribution is 2.24. The van der Waals surface area contributed by atoms with E-state index in [1.54, 1.807) is 17.4 Å². The summed E-state index contributed by atoms with van der Waals surface area (Å²) >= 11 is 7.69. The third-order valence-corrected chi connectivity index (χ3v) is 3.92. The molecule has 0 bridgehead atoms. The van der Waals surface area contributed by atoms with E-state index < -0.39 is 0 Å². The average Bonchev–Trinajstić information content (AvgIpc) is 2.72. The number of rotatable bonds is 4. The van der Waals surface area contributed by atoms with Gasteiger partial charge in [0.25, 0.3) is 0 Å². The predicted molar refractivity (Wildman–Crippen MR) is 73.5 cm³/mol. The number of benzene rings is 1. The maximum atomic E-state index is 13.0. The van der Waals surface area contributed by atoms with E-state index in [0.29, 0.717) is 5.02 Å². The maximum Gasteiger partial charge on any atom is 0.124 e. The summed E-state index contributed by atoms with van der Waals surface area (Å²) in [7, 11) is 0. The minimum atomic E-state index is -0.311. The zero-order valence-corrected chi connectivity index (χ0v) is 11.8. The third kappa shape index (κ3) is 3.28. The molecule has 0 saturated carbocycles. The van der Waals surface area contributed by atoms with Gasteiger partial charge in [0.05, 0.1) is 5.01 Å². The van der Waals surface area contributed by atoms with Gasteiger partial charge >= 0.3 is 0 Å². The highest BCUT2D eigenvalue weighted by Gasteiger charge is 2.10. The molecule has 0 fully saturated rings. The van der Waals surface area contributed by atoms with Crippen LogP contribution in [0.1, 0.15) is 28.4 Å². The fourth-order valence-corrected chi connectivity index (χ4v) is 2.78. The first-order valence-electron chi connectivity index (χ1n) is 5.66. The van der Waals surface area contributed by atoms with Crippen molar-refractivity contribution in [1.29, 1.82) is 0 Å². The SMILES string of the molecule is Cc1ncc(CNC(C)c2ccc(F)cc2Cl)s1. The Hall–Kier alpha value is -0.970. The Balaban J connectivity index is 2.01. The Morgan fingerprint density at radius 1 is 1.50 bits per heavy atom. The van der Waals surface area contributed by atoms with Crippen LogP contribution in [0.25, 0.3) is 0 Å². The lowest BCUT2D eigenvalue weighted by atomic mass is 10.1. The van der Waals surface area contributed by atoms with Crippen LogP contribution in [0.15, 0.2) is 24.4 Å². The summed E-state index contributed by atoms with van der Waals surface area (Å²) in [6.07, 6.45) is 1.87. The molecule has 2 nitrogen and oxygen atoms in total. The van der Waals surface area contributed by atoms with Crippen LogP contribution in [0.2, 0.25) is 5.02 Å². The molecule has 0 aliphatic carbocycles. The van der Waals surface area contributed by atoms with Crippen LogP contribution in [0.5, 0.6) is 0 Å². The van der Waals surface area contributed by atoms with Gasteiger partial charge in [-0.3, -0.25) is 0 Å². The van der Waals surface area contributed by atoms with Crippen molar-refractivity contribution in [3.05, 3.63) is 50.7 Å². The molecule has 1 atom stereocenters. The molecule has 0 aliphatic rings. The van der Waals surface area contributed by atoms with Gasteiger partial charge in [-0.05, 0) is 31.5 Å². The molecule has 1 N–H and O–H groups in total. The van der Waals surface area contributed by atoms with E-state index in [1.165, 1.54) is 17.0 Å². The van der Waals surface area contributed by atoms with Crippen LogP contribution in [0.3, 0.4) is 0 Å². The van der Waals surface area contributed by atoms with E-state index in [9.17, 15) is 4.39 Å². The second-order valence-electron chi connectivity index (χ2n) is 4.11. The lowest BCUT2D eigenvalue weighted by molar-refractivity contribution is 0.574. The van der Waals surface area contributed by atoms with E-state index >= 15 is 0 Å². The highest BCUT2D eigenvalue weighted by atomic mass is 35.5. The Morgan fingerprint density at radius 3 is 2.89 bits per heavy atom.